The molecule has 1 saturated heterocycles. The van der Waals surface area contributed by atoms with Gasteiger partial charge in [0.15, 0.2) is 0 Å². The van der Waals surface area contributed by atoms with Crippen molar-refractivity contribution in [3.05, 3.63) is 0 Å². The van der Waals surface area contributed by atoms with Crippen LogP contribution < -0.4 is 4.89 Å². The highest BCUT2D eigenvalue weighted by Crippen LogP contribution is 2.28. The molecule has 4 heavy (non-hydrogen) atoms. The molecule has 0 aromatic carbocycles. The zero-order chi connectivity index (χ0) is 2.99. The van der Waals surface area contributed by atoms with Crippen molar-refractivity contribution in [2.75, 3.05) is 6.26 Å². The summed E-state index contributed by atoms with van der Waals surface area (Å²) >= 11 is -0.120. The van der Waals surface area contributed by atoms with Gasteiger partial charge in [0, 0.05) is 6.26 Å². The highest BCUT2D eigenvalue weighted by molar-refractivity contribution is 8.14. The molecule has 1 unspecified atom stereocenters. The van der Waals surface area contributed by atoms with Crippen molar-refractivity contribution in [2.24, 2.45) is 0 Å². The van der Waals surface area contributed by atoms with Gasteiger partial charge in [-0.2, -0.15) is 0 Å². The summed E-state index contributed by atoms with van der Waals surface area (Å²) in [6, 6.07) is 0. The van der Waals surface area contributed by atoms with Gasteiger partial charge in [-0.25, -0.2) is 4.28 Å². The Balaban J connectivity index is 2.17. The largest absolute Gasteiger partial charge is 0.230 e. The van der Waals surface area contributed by atoms with Crippen LogP contribution in [0.1, 0.15) is 0 Å². The van der Waals surface area contributed by atoms with Gasteiger partial charge in [-0.05, 0) is 11.4 Å². The molecule has 1 N–H and O–H groups in total. The van der Waals surface area contributed by atoms with Gasteiger partial charge in [0.25, 0.3) is 0 Å². The average molecular weight is 79.1 g/mol. The molecule has 0 bridgehead atoms. The van der Waals surface area contributed by atoms with E-state index in [1.165, 1.54) is 0 Å². The lowest BCUT2D eigenvalue weighted by atomic mass is 12.0. The van der Waals surface area contributed by atoms with E-state index in [1.807, 2.05) is 6.26 Å². The van der Waals surface area contributed by atoms with Gasteiger partial charge < -0.3 is 0 Å². The molecule has 3 heteroatoms. The molecular weight excluding hydrogens is 74.1 g/mol. The van der Waals surface area contributed by atoms with Crippen molar-refractivity contribution >= 4 is 11.4 Å². The van der Waals surface area contributed by atoms with Crippen LogP contribution in [-0.2, 0) is 4.28 Å². The fourth-order valence-corrected chi connectivity index (χ4v) is 0.367. The SMILES string of the molecule is C[SH]1NO1. The summed E-state index contributed by atoms with van der Waals surface area (Å²) in [5.74, 6) is 0. The molecule has 0 aliphatic carbocycles. The minimum Gasteiger partial charge on any atom is -0.230 e. The summed E-state index contributed by atoms with van der Waals surface area (Å²) in [7, 11) is 0. The Kier molecular flexibility index (Phi) is 0.380. The van der Waals surface area contributed by atoms with E-state index < -0.39 is 0 Å². The topological polar surface area (TPSA) is 34.5 Å². The highest BCUT2D eigenvalue weighted by Gasteiger charge is 2.06. The molecule has 1 heterocycles. The Labute approximate surface area is 27.8 Å². The van der Waals surface area contributed by atoms with Crippen LogP contribution >= 0.6 is 11.4 Å². The maximum atomic E-state index is 4.52. The van der Waals surface area contributed by atoms with Gasteiger partial charge in [0.2, 0.25) is 0 Å². The normalized spacial score (nSPS) is 48.8. The lowest BCUT2D eigenvalue weighted by molar-refractivity contribution is 0.470. The monoisotopic (exact) mass is 79.0 g/mol. The third kappa shape index (κ3) is 0.342. The molecule has 1 fully saturated rings. The van der Waals surface area contributed by atoms with Gasteiger partial charge >= 0.3 is 0 Å². The molecule has 1 rings (SSSR count). The predicted octanol–water partition coefficient (Wildman–Crippen LogP) is -0.0178. The number of thiol groups is 1. The van der Waals surface area contributed by atoms with Crippen LogP contribution in [0.5, 0.6) is 0 Å². The number of hydrogen-bond acceptors (Lipinski definition) is 2. The molecule has 0 spiro atoms. The van der Waals surface area contributed by atoms with Crippen molar-refractivity contribution in [1.82, 2.24) is 4.89 Å². The van der Waals surface area contributed by atoms with E-state index in [1.54, 1.807) is 0 Å². The maximum Gasteiger partial charge on any atom is 0.00120 e. The molecule has 0 radical (unpaired) electrons. The second-order valence-corrected chi connectivity index (χ2v) is 2.04. The lowest BCUT2D eigenvalue weighted by Crippen LogP contribution is -1.53. The van der Waals surface area contributed by atoms with Gasteiger partial charge in [0.1, 0.15) is 0 Å². The van der Waals surface area contributed by atoms with Gasteiger partial charge in [-0.15, -0.1) is 4.89 Å². The molecule has 0 aromatic rings. The second kappa shape index (κ2) is 0.607. The average Bonchev–Trinajstić information content (AvgIpc) is 1.75. The molecule has 0 amide bonds. The molecular formula is CH5NOS. The molecule has 1 atom stereocenters. The maximum absolute atomic E-state index is 4.52. The lowest BCUT2D eigenvalue weighted by Gasteiger charge is -1.54. The Morgan fingerprint density at radius 3 is 2.25 bits per heavy atom. The number of rotatable bonds is 0. The second-order valence-electron chi connectivity index (χ2n) is 0.680. The summed E-state index contributed by atoms with van der Waals surface area (Å²) in [6.45, 7) is 0. The first kappa shape index (κ1) is 2.50. The molecule has 1 aliphatic rings. The van der Waals surface area contributed by atoms with Crippen molar-refractivity contribution in [1.29, 1.82) is 0 Å². The highest BCUT2D eigenvalue weighted by atomic mass is 32.2. The van der Waals surface area contributed by atoms with E-state index in [0.717, 1.165) is 0 Å². The first-order chi connectivity index (χ1) is 1.89. The first-order valence-electron chi connectivity index (χ1n) is 1.06. The van der Waals surface area contributed by atoms with Crippen LogP contribution in [-0.4, -0.2) is 6.26 Å². The van der Waals surface area contributed by atoms with Crippen LogP contribution in [0.25, 0.3) is 0 Å². The van der Waals surface area contributed by atoms with E-state index in [-0.39, 0.29) is 11.4 Å². The van der Waals surface area contributed by atoms with E-state index >= 15 is 0 Å². The van der Waals surface area contributed by atoms with Gasteiger partial charge in [-0.3, -0.25) is 0 Å². The molecule has 0 aromatic heterocycles. The van der Waals surface area contributed by atoms with Gasteiger partial charge in [-0.1, -0.05) is 0 Å². The molecule has 2 nitrogen and oxygen atoms in total. The fraction of sp³-hybridized carbons (Fsp3) is 1.00. The summed E-state index contributed by atoms with van der Waals surface area (Å²) in [4.78, 5) is 2.66. The minimum atomic E-state index is -0.120. The summed E-state index contributed by atoms with van der Waals surface area (Å²) < 4.78 is 4.52. The number of nitrogens with one attached hydrogen (secondary N) is 1. The third-order valence-electron chi connectivity index (χ3n) is 0.274. The summed E-state index contributed by atoms with van der Waals surface area (Å²) in [5.41, 5.74) is 0. The minimum absolute atomic E-state index is 0.120. The smallest absolute Gasteiger partial charge is 0.00120 e. The standard InChI is InChI=1S/CH5NOS/c1-4-2-3-4/h2,4H,1H3. The van der Waals surface area contributed by atoms with E-state index in [9.17, 15) is 0 Å². The zero-order valence-corrected chi connectivity index (χ0v) is 3.25. The Hall–Kier alpha value is 0.270. The summed E-state index contributed by atoms with van der Waals surface area (Å²) in [5, 5.41) is 0. The van der Waals surface area contributed by atoms with Gasteiger partial charge in [0.05, 0.1) is 0 Å². The van der Waals surface area contributed by atoms with E-state index in [0.29, 0.717) is 0 Å². The Morgan fingerprint density at radius 2 is 2.25 bits per heavy atom. The van der Waals surface area contributed by atoms with Crippen molar-refractivity contribution in [2.45, 2.75) is 0 Å². The van der Waals surface area contributed by atoms with Crippen LogP contribution in [0, 0.1) is 0 Å². The third-order valence-corrected chi connectivity index (χ3v) is 0.822. The predicted molar refractivity (Wildman–Crippen MR) is 19.1 cm³/mol. The fourth-order valence-electron chi connectivity index (χ4n) is 0.0408. The summed E-state index contributed by atoms with van der Waals surface area (Å²) in [6.07, 6.45) is 2.01. The van der Waals surface area contributed by atoms with E-state index in [4.69, 9.17) is 0 Å². The Morgan fingerprint density at radius 1 is 2.00 bits per heavy atom. The van der Waals surface area contributed by atoms with Crippen LogP contribution in [0.4, 0.5) is 0 Å². The quantitative estimate of drug-likeness (QED) is 0.316. The molecule has 0 saturated carbocycles. The van der Waals surface area contributed by atoms with Crippen molar-refractivity contribution in [3.8, 4) is 0 Å². The van der Waals surface area contributed by atoms with Crippen LogP contribution in [0.3, 0.4) is 0 Å². The van der Waals surface area contributed by atoms with Crippen LogP contribution in [0.2, 0.25) is 0 Å². The van der Waals surface area contributed by atoms with Crippen molar-refractivity contribution < 1.29 is 4.28 Å². The molecule has 1 aliphatic heterocycles. The zero-order valence-electron chi connectivity index (χ0n) is 2.36. The first-order valence-corrected chi connectivity index (χ1v) is 2.76. The Bertz CT molecular complexity index is 27.2. The van der Waals surface area contributed by atoms with E-state index in [2.05, 4.69) is 9.17 Å². The number of hydrogen-bond donors (Lipinski definition) is 2. The molecule has 26 valence electrons. The van der Waals surface area contributed by atoms with Crippen molar-refractivity contribution in [3.63, 3.8) is 0 Å². The van der Waals surface area contributed by atoms with Crippen LogP contribution in [0.15, 0.2) is 0 Å².